The Kier molecular flexibility index (Phi) is 38.8. The molecule has 0 aliphatic heterocycles. The van der Waals surface area contributed by atoms with E-state index in [1.807, 2.05) is 13.8 Å². The Bertz CT molecular complexity index is 85.5. The summed E-state index contributed by atoms with van der Waals surface area (Å²) in [6, 6.07) is 0. The molecule has 15 heavy (non-hydrogen) atoms. The Morgan fingerprint density at radius 1 is 0.867 bits per heavy atom. The summed E-state index contributed by atoms with van der Waals surface area (Å²) in [4.78, 5) is 0. The first-order chi connectivity index (χ1) is 7.24. The molecule has 0 spiro atoms. The van der Waals surface area contributed by atoms with Crippen LogP contribution >= 0.6 is 0 Å². The van der Waals surface area contributed by atoms with E-state index in [0.29, 0.717) is 0 Å². The van der Waals surface area contributed by atoms with Crippen molar-refractivity contribution in [1.82, 2.24) is 0 Å². The SMILES string of the molecule is C=CC.C=CC.CCCCOCCCC. The minimum Gasteiger partial charge on any atom is -0.381 e. The predicted octanol–water partition coefficient (Wildman–Crippen LogP) is 4.99. The predicted molar refractivity (Wildman–Crippen MR) is 72.4 cm³/mol. The van der Waals surface area contributed by atoms with Crippen molar-refractivity contribution < 1.29 is 4.74 Å². The average Bonchev–Trinajstić information content (AvgIpc) is 2.20. The summed E-state index contributed by atoms with van der Waals surface area (Å²) in [6.45, 7) is 16.8. The molecule has 92 valence electrons. The van der Waals surface area contributed by atoms with Crippen LogP contribution in [-0.4, -0.2) is 13.2 Å². The first-order valence-corrected chi connectivity index (χ1v) is 5.96. The molecule has 1 nitrogen and oxygen atoms in total. The highest BCUT2D eigenvalue weighted by atomic mass is 16.5. The van der Waals surface area contributed by atoms with E-state index in [9.17, 15) is 0 Å². The summed E-state index contributed by atoms with van der Waals surface area (Å²) >= 11 is 0. The molecule has 0 radical (unpaired) electrons. The summed E-state index contributed by atoms with van der Waals surface area (Å²) in [5, 5.41) is 0. The largest absolute Gasteiger partial charge is 0.381 e. The van der Waals surface area contributed by atoms with Gasteiger partial charge in [-0.1, -0.05) is 38.8 Å². The fourth-order valence-electron chi connectivity index (χ4n) is 0.595. The van der Waals surface area contributed by atoms with Crippen molar-refractivity contribution >= 4 is 0 Å². The van der Waals surface area contributed by atoms with Gasteiger partial charge in [0.25, 0.3) is 0 Å². The molecule has 0 aromatic heterocycles. The Morgan fingerprint density at radius 2 is 1.13 bits per heavy atom. The van der Waals surface area contributed by atoms with E-state index < -0.39 is 0 Å². The first kappa shape index (κ1) is 19.9. The number of allylic oxidation sites excluding steroid dienone is 2. The number of ether oxygens (including phenoxy) is 1. The lowest BCUT2D eigenvalue weighted by atomic mass is 10.3. The summed E-state index contributed by atoms with van der Waals surface area (Å²) < 4.78 is 5.31. The van der Waals surface area contributed by atoms with Gasteiger partial charge in [0.05, 0.1) is 0 Å². The van der Waals surface area contributed by atoms with E-state index >= 15 is 0 Å². The van der Waals surface area contributed by atoms with E-state index in [-0.39, 0.29) is 0 Å². The molecule has 0 saturated heterocycles. The van der Waals surface area contributed by atoms with Gasteiger partial charge in [-0.2, -0.15) is 0 Å². The molecule has 0 N–H and O–H groups in total. The minimum absolute atomic E-state index is 0.955. The Morgan fingerprint density at radius 3 is 1.33 bits per heavy atom. The second-order valence-corrected chi connectivity index (χ2v) is 3.14. The molecule has 0 aromatic carbocycles. The second kappa shape index (κ2) is 29.2. The van der Waals surface area contributed by atoms with Gasteiger partial charge in [0, 0.05) is 13.2 Å². The van der Waals surface area contributed by atoms with E-state index in [2.05, 4.69) is 27.0 Å². The van der Waals surface area contributed by atoms with Gasteiger partial charge >= 0.3 is 0 Å². The molecule has 0 aliphatic rings. The van der Waals surface area contributed by atoms with Crippen molar-refractivity contribution in [2.75, 3.05) is 13.2 Å². The lowest BCUT2D eigenvalue weighted by Crippen LogP contribution is -1.95. The van der Waals surface area contributed by atoms with Crippen molar-refractivity contribution in [1.29, 1.82) is 0 Å². The number of rotatable bonds is 6. The fraction of sp³-hybridized carbons (Fsp3) is 0.714. The summed E-state index contributed by atoms with van der Waals surface area (Å²) in [6.07, 6.45) is 8.41. The van der Waals surface area contributed by atoms with Crippen molar-refractivity contribution in [3.8, 4) is 0 Å². The van der Waals surface area contributed by atoms with Crippen molar-refractivity contribution in [3.05, 3.63) is 25.3 Å². The Hall–Kier alpha value is -0.560. The van der Waals surface area contributed by atoms with Crippen LogP contribution in [0.25, 0.3) is 0 Å². The van der Waals surface area contributed by atoms with Crippen molar-refractivity contribution in [2.45, 2.75) is 53.4 Å². The number of unbranched alkanes of at least 4 members (excludes halogenated alkanes) is 2. The lowest BCUT2D eigenvalue weighted by molar-refractivity contribution is 0.128. The number of hydrogen-bond acceptors (Lipinski definition) is 1. The molecule has 0 atom stereocenters. The van der Waals surface area contributed by atoms with Gasteiger partial charge in [-0.25, -0.2) is 0 Å². The highest BCUT2D eigenvalue weighted by Crippen LogP contribution is 1.91. The second-order valence-electron chi connectivity index (χ2n) is 3.14. The van der Waals surface area contributed by atoms with Gasteiger partial charge < -0.3 is 4.74 Å². The van der Waals surface area contributed by atoms with E-state index in [1.165, 1.54) is 25.7 Å². The van der Waals surface area contributed by atoms with Crippen molar-refractivity contribution in [3.63, 3.8) is 0 Å². The molecule has 0 fully saturated rings. The average molecular weight is 214 g/mol. The van der Waals surface area contributed by atoms with Crippen LogP contribution in [0.15, 0.2) is 25.3 Å². The zero-order chi connectivity index (χ0) is 12.4. The van der Waals surface area contributed by atoms with Gasteiger partial charge in [-0.3, -0.25) is 0 Å². The monoisotopic (exact) mass is 214 g/mol. The first-order valence-electron chi connectivity index (χ1n) is 5.96. The van der Waals surface area contributed by atoms with Crippen molar-refractivity contribution in [2.24, 2.45) is 0 Å². The van der Waals surface area contributed by atoms with Crippen LogP contribution in [0.1, 0.15) is 53.4 Å². The molecule has 0 rings (SSSR count). The van der Waals surface area contributed by atoms with Crippen LogP contribution in [0, 0.1) is 0 Å². The summed E-state index contributed by atoms with van der Waals surface area (Å²) in [5.41, 5.74) is 0. The molecular weight excluding hydrogens is 184 g/mol. The molecule has 0 aliphatic carbocycles. The van der Waals surface area contributed by atoms with Crippen LogP contribution in [0.4, 0.5) is 0 Å². The highest BCUT2D eigenvalue weighted by Gasteiger charge is 1.84. The summed E-state index contributed by atoms with van der Waals surface area (Å²) in [7, 11) is 0. The summed E-state index contributed by atoms with van der Waals surface area (Å²) in [5.74, 6) is 0. The third-order valence-corrected chi connectivity index (χ3v) is 1.28. The van der Waals surface area contributed by atoms with Gasteiger partial charge in [0.15, 0.2) is 0 Å². The Labute approximate surface area is 97.2 Å². The molecule has 0 saturated carbocycles. The third kappa shape index (κ3) is 59.4. The van der Waals surface area contributed by atoms with E-state index in [1.54, 1.807) is 12.2 Å². The maximum absolute atomic E-state index is 5.31. The normalized spacial score (nSPS) is 7.73. The van der Waals surface area contributed by atoms with Gasteiger partial charge in [-0.05, 0) is 26.7 Å². The smallest absolute Gasteiger partial charge is 0.0465 e. The van der Waals surface area contributed by atoms with Crippen LogP contribution in [-0.2, 0) is 4.74 Å². The lowest BCUT2D eigenvalue weighted by Gasteiger charge is -1.99. The third-order valence-electron chi connectivity index (χ3n) is 1.28. The fourth-order valence-corrected chi connectivity index (χ4v) is 0.595. The quantitative estimate of drug-likeness (QED) is 0.447. The highest BCUT2D eigenvalue weighted by molar-refractivity contribution is 4.52. The van der Waals surface area contributed by atoms with E-state index in [4.69, 9.17) is 4.74 Å². The minimum atomic E-state index is 0.955. The molecule has 0 heterocycles. The van der Waals surface area contributed by atoms with Crippen LogP contribution in [0.5, 0.6) is 0 Å². The molecule has 0 amide bonds. The molecule has 0 aromatic rings. The molecule has 0 bridgehead atoms. The van der Waals surface area contributed by atoms with E-state index in [0.717, 1.165) is 13.2 Å². The number of hydrogen-bond donors (Lipinski definition) is 0. The van der Waals surface area contributed by atoms with Gasteiger partial charge in [0.2, 0.25) is 0 Å². The van der Waals surface area contributed by atoms with Crippen LogP contribution in [0.2, 0.25) is 0 Å². The topological polar surface area (TPSA) is 9.23 Å². The standard InChI is InChI=1S/C8H18O.2C3H6/c1-3-5-7-9-8-6-4-2;2*1-3-2/h3-8H2,1-2H3;2*3H,1H2,2H3. The molecular formula is C14H30O. The maximum Gasteiger partial charge on any atom is 0.0465 e. The van der Waals surface area contributed by atoms with Gasteiger partial charge in [-0.15, -0.1) is 13.2 Å². The van der Waals surface area contributed by atoms with Crippen LogP contribution in [0.3, 0.4) is 0 Å². The zero-order valence-corrected chi connectivity index (χ0v) is 11.2. The molecule has 0 unspecified atom stereocenters. The zero-order valence-electron chi connectivity index (χ0n) is 11.2. The van der Waals surface area contributed by atoms with Gasteiger partial charge in [0.1, 0.15) is 0 Å². The Balaban J connectivity index is -0.000000200. The molecule has 1 heteroatoms. The van der Waals surface area contributed by atoms with Crippen LogP contribution < -0.4 is 0 Å². The maximum atomic E-state index is 5.31.